The van der Waals surface area contributed by atoms with Crippen LogP contribution in [0.3, 0.4) is 0 Å². The summed E-state index contributed by atoms with van der Waals surface area (Å²) < 4.78 is 14.5. The van der Waals surface area contributed by atoms with Crippen molar-refractivity contribution in [2.24, 2.45) is 11.8 Å². The van der Waals surface area contributed by atoms with Gasteiger partial charge < -0.3 is 15.6 Å². The maximum Gasteiger partial charge on any atom is 0.250 e. The lowest BCUT2D eigenvalue weighted by Gasteiger charge is -2.29. The number of nitrogens with one attached hydrogen (secondary N) is 4. The first kappa shape index (κ1) is 24.2. The number of anilines is 3. The summed E-state index contributed by atoms with van der Waals surface area (Å²) in [5.74, 6) is -4.23. The molecule has 4 atom stereocenters. The van der Waals surface area contributed by atoms with Gasteiger partial charge >= 0.3 is 0 Å². The van der Waals surface area contributed by atoms with Crippen LogP contribution in [0.15, 0.2) is 72.9 Å². The van der Waals surface area contributed by atoms with Gasteiger partial charge in [-0.15, -0.1) is 0 Å². The van der Waals surface area contributed by atoms with E-state index >= 15 is 0 Å². The van der Waals surface area contributed by atoms with Crippen molar-refractivity contribution < 1.29 is 23.6 Å². The summed E-state index contributed by atoms with van der Waals surface area (Å²) in [6, 6.07) is 17.5. The molecule has 0 aliphatic carbocycles. The number of benzene rings is 3. The van der Waals surface area contributed by atoms with Crippen LogP contribution in [-0.4, -0.2) is 34.7 Å². The van der Waals surface area contributed by atoms with E-state index in [9.17, 15) is 23.6 Å². The molecule has 0 saturated carbocycles. The molecule has 1 aromatic heterocycles. The number of hydrogen-bond donors (Lipinski definition) is 4. The molecule has 3 aliphatic rings. The summed E-state index contributed by atoms with van der Waals surface area (Å²) in [6.45, 7) is 1.39. The third kappa shape index (κ3) is 3.35. The Labute approximate surface area is 227 Å². The Kier molecular flexibility index (Phi) is 5.20. The molecular weight excluding hydrogens is 513 g/mol. The van der Waals surface area contributed by atoms with Gasteiger partial charge in [0, 0.05) is 47.0 Å². The van der Waals surface area contributed by atoms with Gasteiger partial charge in [-0.3, -0.25) is 24.5 Å². The van der Waals surface area contributed by atoms with Gasteiger partial charge in [0.1, 0.15) is 11.4 Å². The molecule has 2 saturated heterocycles. The second-order valence-corrected chi connectivity index (χ2v) is 10.5. The molecule has 0 radical (unpaired) electrons. The Morgan fingerprint density at radius 1 is 1.02 bits per heavy atom. The maximum atomic E-state index is 14.5. The van der Waals surface area contributed by atoms with E-state index in [1.165, 1.54) is 25.1 Å². The zero-order valence-corrected chi connectivity index (χ0v) is 21.3. The van der Waals surface area contributed by atoms with Crippen molar-refractivity contribution in [3.8, 4) is 0 Å². The molecule has 10 heteroatoms. The molecule has 4 N–H and O–H groups in total. The first-order valence-electron chi connectivity index (χ1n) is 13.0. The van der Waals surface area contributed by atoms with Crippen LogP contribution in [0, 0.1) is 17.7 Å². The fraction of sp³-hybridized carbons (Fsp3) is 0.200. The quantitative estimate of drug-likeness (QED) is 0.297. The fourth-order valence-corrected chi connectivity index (χ4v) is 6.64. The highest BCUT2D eigenvalue weighted by atomic mass is 19.1. The van der Waals surface area contributed by atoms with E-state index in [0.29, 0.717) is 29.0 Å². The van der Waals surface area contributed by atoms with Gasteiger partial charge in [-0.1, -0.05) is 18.2 Å². The van der Waals surface area contributed by atoms with Gasteiger partial charge in [0.05, 0.1) is 17.5 Å². The van der Waals surface area contributed by atoms with Crippen molar-refractivity contribution in [3.63, 3.8) is 0 Å². The Bertz CT molecular complexity index is 1750. The number of nitrogens with zero attached hydrogens (tertiary/aromatic N) is 1. The summed E-state index contributed by atoms with van der Waals surface area (Å²) in [4.78, 5) is 57.7. The average Bonchev–Trinajstić information content (AvgIpc) is 3.64. The largest absolute Gasteiger partial charge is 0.361 e. The third-order valence-corrected chi connectivity index (χ3v) is 8.24. The molecule has 9 nitrogen and oxygen atoms in total. The van der Waals surface area contributed by atoms with E-state index in [1.54, 1.807) is 24.3 Å². The second-order valence-electron chi connectivity index (χ2n) is 10.5. The molecule has 40 heavy (non-hydrogen) atoms. The zero-order valence-electron chi connectivity index (χ0n) is 21.3. The lowest BCUT2D eigenvalue weighted by molar-refractivity contribution is -0.130. The number of imide groups is 1. The first-order chi connectivity index (χ1) is 19.3. The van der Waals surface area contributed by atoms with Gasteiger partial charge in [0.15, 0.2) is 0 Å². The minimum atomic E-state index is -1.61. The molecule has 1 spiro atoms. The summed E-state index contributed by atoms with van der Waals surface area (Å²) in [7, 11) is 0. The molecule has 3 aromatic carbocycles. The summed E-state index contributed by atoms with van der Waals surface area (Å²) in [5, 5.41) is 9.80. The highest BCUT2D eigenvalue weighted by Gasteiger charge is 2.70. The van der Waals surface area contributed by atoms with E-state index < -0.39 is 47.0 Å². The maximum absolute atomic E-state index is 14.5. The lowest BCUT2D eigenvalue weighted by Crippen LogP contribution is -2.53. The lowest BCUT2D eigenvalue weighted by atomic mass is 9.76. The highest BCUT2D eigenvalue weighted by Crippen LogP contribution is 2.54. The average molecular weight is 538 g/mol. The van der Waals surface area contributed by atoms with Crippen LogP contribution in [0.1, 0.15) is 18.1 Å². The molecular formula is C30H24FN5O4. The monoisotopic (exact) mass is 537 g/mol. The Morgan fingerprint density at radius 2 is 1.80 bits per heavy atom. The predicted molar refractivity (Wildman–Crippen MR) is 146 cm³/mol. The van der Waals surface area contributed by atoms with Gasteiger partial charge in [0.2, 0.25) is 23.6 Å². The molecule has 4 amide bonds. The Hall–Kier alpha value is -4.83. The van der Waals surface area contributed by atoms with E-state index in [1.807, 2.05) is 30.5 Å². The van der Waals surface area contributed by atoms with E-state index in [2.05, 4.69) is 20.9 Å². The molecule has 3 aliphatic heterocycles. The van der Waals surface area contributed by atoms with Crippen LogP contribution in [0.2, 0.25) is 0 Å². The van der Waals surface area contributed by atoms with Crippen LogP contribution < -0.4 is 20.9 Å². The highest BCUT2D eigenvalue weighted by molar-refractivity contribution is 6.26. The van der Waals surface area contributed by atoms with Crippen molar-refractivity contribution in [3.05, 3.63) is 89.9 Å². The number of halogens is 1. The number of H-pyrrole nitrogens is 1. The van der Waals surface area contributed by atoms with Crippen molar-refractivity contribution in [2.45, 2.75) is 24.9 Å². The Balaban J connectivity index is 1.34. The van der Waals surface area contributed by atoms with Crippen LogP contribution in [-0.2, 0) is 31.1 Å². The number of carbonyl (C=O) groups is 4. The number of aromatic amines is 1. The third-order valence-electron chi connectivity index (χ3n) is 8.24. The number of fused-ring (bicyclic) bond motifs is 5. The summed E-state index contributed by atoms with van der Waals surface area (Å²) in [6.07, 6.45) is 2.23. The second kappa shape index (κ2) is 8.59. The van der Waals surface area contributed by atoms with Crippen LogP contribution in [0.4, 0.5) is 21.5 Å². The Morgan fingerprint density at radius 3 is 2.58 bits per heavy atom. The zero-order chi connectivity index (χ0) is 27.8. The molecule has 2 fully saturated rings. The molecule has 4 heterocycles. The standard InChI is InChI=1S/C30H24FN5O4/c1-15(37)33-18-7-9-19(10-8-18)36-27(38)25-24(12-16-14-32-22-5-3-2-4-20(16)22)35-30(26(25)28(36)39)21-13-17(31)6-11-23(21)34-29(30)40/h2-11,13-14,24-26,32,35H,12H2,1H3,(H,33,37)(H,34,40)/t24-,25+,26-,30-/m0/s1. The first-order valence-corrected chi connectivity index (χ1v) is 13.0. The van der Waals surface area contributed by atoms with E-state index in [-0.39, 0.29) is 5.91 Å². The van der Waals surface area contributed by atoms with Crippen LogP contribution in [0.25, 0.3) is 10.9 Å². The minimum Gasteiger partial charge on any atom is -0.361 e. The van der Waals surface area contributed by atoms with Crippen LogP contribution in [0.5, 0.6) is 0 Å². The van der Waals surface area contributed by atoms with E-state index in [4.69, 9.17) is 0 Å². The number of aromatic nitrogens is 1. The number of hydrogen-bond acceptors (Lipinski definition) is 5. The molecule has 200 valence electrons. The van der Waals surface area contributed by atoms with Crippen molar-refractivity contribution in [1.29, 1.82) is 0 Å². The minimum absolute atomic E-state index is 0.248. The van der Waals surface area contributed by atoms with E-state index in [0.717, 1.165) is 21.4 Å². The van der Waals surface area contributed by atoms with Gasteiger partial charge in [-0.2, -0.15) is 0 Å². The number of para-hydroxylation sites is 1. The smallest absolute Gasteiger partial charge is 0.250 e. The normalized spacial score (nSPS) is 25.0. The molecule has 7 rings (SSSR count). The SMILES string of the molecule is CC(=O)Nc1ccc(N2C(=O)[C@@H]3[C@H](Cc4c[nH]c5ccccc45)N[C@]4(C(=O)Nc5ccc(F)cc54)[C@@H]3C2=O)cc1. The topological polar surface area (TPSA) is 123 Å². The fourth-order valence-electron chi connectivity index (χ4n) is 6.64. The molecule has 0 unspecified atom stereocenters. The van der Waals surface area contributed by atoms with Gasteiger partial charge in [0.25, 0.3) is 0 Å². The number of carbonyl (C=O) groups excluding carboxylic acids is 4. The van der Waals surface area contributed by atoms with Crippen molar-refractivity contribution in [1.82, 2.24) is 10.3 Å². The summed E-state index contributed by atoms with van der Waals surface area (Å²) >= 11 is 0. The molecule has 0 bridgehead atoms. The molecule has 4 aromatic rings. The van der Waals surface area contributed by atoms with Crippen molar-refractivity contribution >= 4 is 51.6 Å². The predicted octanol–water partition coefficient (Wildman–Crippen LogP) is 3.43. The van der Waals surface area contributed by atoms with Gasteiger partial charge in [-0.25, -0.2) is 9.29 Å². The number of rotatable bonds is 4. The number of amides is 4. The summed E-state index contributed by atoms with van der Waals surface area (Å²) in [5.41, 5.74) is 1.82. The van der Waals surface area contributed by atoms with Crippen LogP contribution >= 0.6 is 0 Å². The van der Waals surface area contributed by atoms with Crippen molar-refractivity contribution in [2.75, 3.05) is 15.5 Å². The van der Waals surface area contributed by atoms with Gasteiger partial charge in [-0.05, 0) is 60.5 Å².